The zero-order chi connectivity index (χ0) is 13.0. The van der Waals surface area contributed by atoms with E-state index in [-0.39, 0.29) is 0 Å². The molecule has 102 valence electrons. The van der Waals surface area contributed by atoms with E-state index in [0.29, 0.717) is 12.1 Å². The second-order valence-electron chi connectivity index (χ2n) is 5.18. The van der Waals surface area contributed by atoms with Crippen LogP contribution in [-0.2, 0) is 11.3 Å². The quantitative estimate of drug-likeness (QED) is 0.829. The van der Waals surface area contributed by atoms with Crippen LogP contribution >= 0.6 is 11.3 Å². The van der Waals surface area contributed by atoms with Gasteiger partial charge in [0.1, 0.15) is 0 Å². The van der Waals surface area contributed by atoms with Crippen molar-refractivity contribution >= 4 is 11.3 Å². The SMILES string of the molecule is Cc1ccc(CNCCN2CC(C)OCC2C)s1. The lowest BCUT2D eigenvalue weighted by Gasteiger charge is -2.36. The molecular formula is C14H24N2OS. The van der Waals surface area contributed by atoms with Gasteiger partial charge in [-0.2, -0.15) is 0 Å². The molecule has 0 radical (unpaired) electrons. The summed E-state index contributed by atoms with van der Waals surface area (Å²) in [5.74, 6) is 0. The number of hydrogen-bond donors (Lipinski definition) is 1. The molecule has 1 aromatic heterocycles. The Bertz CT molecular complexity index is 366. The summed E-state index contributed by atoms with van der Waals surface area (Å²) in [7, 11) is 0. The second-order valence-corrected chi connectivity index (χ2v) is 6.55. The Morgan fingerprint density at radius 2 is 2.28 bits per heavy atom. The summed E-state index contributed by atoms with van der Waals surface area (Å²) in [6.45, 7) is 11.6. The van der Waals surface area contributed by atoms with Crippen molar-refractivity contribution in [3.05, 3.63) is 21.9 Å². The minimum Gasteiger partial charge on any atom is -0.376 e. The third-order valence-electron chi connectivity index (χ3n) is 3.41. The largest absolute Gasteiger partial charge is 0.376 e. The molecule has 0 aliphatic carbocycles. The summed E-state index contributed by atoms with van der Waals surface area (Å²) in [5, 5.41) is 3.53. The zero-order valence-electron chi connectivity index (χ0n) is 11.6. The molecule has 1 saturated heterocycles. The van der Waals surface area contributed by atoms with Gasteiger partial charge in [0.2, 0.25) is 0 Å². The first-order valence-electron chi connectivity index (χ1n) is 6.77. The minimum atomic E-state index is 0.376. The lowest BCUT2D eigenvalue weighted by molar-refractivity contribution is -0.0486. The van der Waals surface area contributed by atoms with Crippen molar-refractivity contribution in [1.82, 2.24) is 10.2 Å². The fourth-order valence-electron chi connectivity index (χ4n) is 2.30. The maximum absolute atomic E-state index is 5.64. The number of nitrogens with one attached hydrogen (secondary N) is 1. The fraction of sp³-hybridized carbons (Fsp3) is 0.714. The van der Waals surface area contributed by atoms with Gasteiger partial charge in [-0.3, -0.25) is 4.90 Å². The molecule has 0 bridgehead atoms. The monoisotopic (exact) mass is 268 g/mol. The molecule has 18 heavy (non-hydrogen) atoms. The van der Waals surface area contributed by atoms with Crippen molar-refractivity contribution in [2.75, 3.05) is 26.2 Å². The summed E-state index contributed by atoms with van der Waals surface area (Å²) >= 11 is 1.88. The molecule has 1 N–H and O–H groups in total. The summed E-state index contributed by atoms with van der Waals surface area (Å²) in [5.41, 5.74) is 0. The van der Waals surface area contributed by atoms with Crippen molar-refractivity contribution in [2.45, 2.75) is 39.5 Å². The fourth-order valence-corrected chi connectivity index (χ4v) is 3.16. The zero-order valence-corrected chi connectivity index (χ0v) is 12.4. The van der Waals surface area contributed by atoms with Gasteiger partial charge in [-0.05, 0) is 32.9 Å². The van der Waals surface area contributed by atoms with Gasteiger partial charge in [0.05, 0.1) is 12.7 Å². The second kappa shape index (κ2) is 6.66. The Kier molecular flexibility index (Phi) is 5.18. The molecule has 0 amide bonds. The first-order valence-corrected chi connectivity index (χ1v) is 7.58. The molecular weight excluding hydrogens is 244 g/mol. The van der Waals surface area contributed by atoms with E-state index in [1.807, 2.05) is 11.3 Å². The van der Waals surface area contributed by atoms with E-state index < -0.39 is 0 Å². The number of thiophene rings is 1. The van der Waals surface area contributed by atoms with E-state index in [2.05, 4.69) is 43.1 Å². The Morgan fingerprint density at radius 3 is 3.00 bits per heavy atom. The predicted molar refractivity (Wildman–Crippen MR) is 77.2 cm³/mol. The van der Waals surface area contributed by atoms with E-state index in [1.54, 1.807) is 0 Å². The van der Waals surface area contributed by atoms with Crippen molar-refractivity contribution in [1.29, 1.82) is 0 Å². The average molecular weight is 268 g/mol. The van der Waals surface area contributed by atoms with Crippen LogP contribution in [-0.4, -0.2) is 43.3 Å². The molecule has 2 atom stereocenters. The number of aryl methyl sites for hydroxylation is 1. The van der Waals surface area contributed by atoms with Crippen molar-refractivity contribution in [3.8, 4) is 0 Å². The molecule has 0 aromatic carbocycles. The molecule has 3 nitrogen and oxygen atoms in total. The van der Waals surface area contributed by atoms with Crippen LogP contribution in [0.3, 0.4) is 0 Å². The first-order chi connectivity index (χ1) is 8.65. The van der Waals surface area contributed by atoms with E-state index in [0.717, 1.165) is 32.8 Å². The average Bonchev–Trinajstić information content (AvgIpc) is 2.75. The van der Waals surface area contributed by atoms with Crippen LogP contribution in [0.4, 0.5) is 0 Å². The number of ether oxygens (including phenoxy) is 1. The van der Waals surface area contributed by atoms with Crippen LogP contribution in [0.25, 0.3) is 0 Å². The molecule has 1 aliphatic heterocycles. The lowest BCUT2D eigenvalue weighted by atomic mass is 10.2. The van der Waals surface area contributed by atoms with Gasteiger partial charge in [-0.15, -0.1) is 11.3 Å². The van der Waals surface area contributed by atoms with Crippen LogP contribution in [0.1, 0.15) is 23.6 Å². The number of rotatable bonds is 5. The molecule has 1 fully saturated rings. The van der Waals surface area contributed by atoms with E-state index >= 15 is 0 Å². The Balaban J connectivity index is 1.65. The highest BCUT2D eigenvalue weighted by atomic mass is 32.1. The third-order valence-corrected chi connectivity index (χ3v) is 4.41. The highest BCUT2D eigenvalue weighted by molar-refractivity contribution is 7.11. The van der Waals surface area contributed by atoms with Crippen LogP contribution in [0.2, 0.25) is 0 Å². The smallest absolute Gasteiger partial charge is 0.0674 e. The van der Waals surface area contributed by atoms with Gasteiger partial charge in [0.15, 0.2) is 0 Å². The number of nitrogens with zero attached hydrogens (tertiary/aromatic N) is 1. The van der Waals surface area contributed by atoms with Crippen LogP contribution in [0, 0.1) is 6.92 Å². The summed E-state index contributed by atoms with van der Waals surface area (Å²) in [6.07, 6.45) is 0.376. The maximum atomic E-state index is 5.64. The van der Waals surface area contributed by atoms with Crippen molar-refractivity contribution in [2.24, 2.45) is 0 Å². The minimum absolute atomic E-state index is 0.376. The van der Waals surface area contributed by atoms with E-state index in [1.165, 1.54) is 9.75 Å². The number of morpholine rings is 1. The summed E-state index contributed by atoms with van der Waals surface area (Å²) in [6, 6.07) is 4.95. The van der Waals surface area contributed by atoms with Gasteiger partial charge in [-0.1, -0.05) is 0 Å². The van der Waals surface area contributed by atoms with Crippen molar-refractivity contribution < 1.29 is 4.74 Å². The molecule has 2 unspecified atom stereocenters. The highest BCUT2D eigenvalue weighted by Gasteiger charge is 2.22. The van der Waals surface area contributed by atoms with E-state index in [9.17, 15) is 0 Å². The lowest BCUT2D eigenvalue weighted by Crippen LogP contribution is -2.49. The van der Waals surface area contributed by atoms with Gasteiger partial charge < -0.3 is 10.1 Å². The first kappa shape index (κ1) is 14.0. The molecule has 0 spiro atoms. The van der Waals surface area contributed by atoms with Crippen molar-refractivity contribution in [3.63, 3.8) is 0 Å². The van der Waals surface area contributed by atoms with E-state index in [4.69, 9.17) is 4.74 Å². The predicted octanol–water partition coefficient (Wildman–Crippen LogP) is 2.26. The topological polar surface area (TPSA) is 24.5 Å². The maximum Gasteiger partial charge on any atom is 0.0674 e. The summed E-state index contributed by atoms with van der Waals surface area (Å²) < 4.78 is 5.64. The molecule has 1 aromatic rings. The van der Waals surface area contributed by atoms with Gasteiger partial charge in [-0.25, -0.2) is 0 Å². The van der Waals surface area contributed by atoms with Gasteiger partial charge >= 0.3 is 0 Å². The van der Waals surface area contributed by atoms with Gasteiger partial charge in [0, 0.05) is 42.0 Å². The molecule has 1 aliphatic rings. The Morgan fingerprint density at radius 1 is 1.44 bits per heavy atom. The molecule has 4 heteroatoms. The van der Waals surface area contributed by atoms with Gasteiger partial charge in [0.25, 0.3) is 0 Å². The third kappa shape index (κ3) is 4.05. The molecule has 0 saturated carbocycles. The normalized spacial score (nSPS) is 25.5. The van der Waals surface area contributed by atoms with Crippen LogP contribution < -0.4 is 5.32 Å². The Hall–Kier alpha value is -0.420. The highest BCUT2D eigenvalue weighted by Crippen LogP contribution is 2.14. The molecule has 2 rings (SSSR count). The van der Waals surface area contributed by atoms with Crippen LogP contribution in [0.5, 0.6) is 0 Å². The summed E-state index contributed by atoms with van der Waals surface area (Å²) in [4.78, 5) is 5.33. The number of hydrogen-bond acceptors (Lipinski definition) is 4. The van der Waals surface area contributed by atoms with Crippen LogP contribution in [0.15, 0.2) is 12.1 Å². The standard InChI is InChI=1S/C14H24N2OS/c1-11-10-17-12(2)9-16(11)7-6-15-8-14-5-4-13(3)18-14/h4-5,11-12,15H,6-10H2,1-3H3. The molecule has 2 heterocycles. The Labute approximate surface area is 114 Å².